The molecule has 0 heterocycles. The van der Waals surface area contributed by atoms with Crippen LogP contribution in [0.25, 0.3) is 0 Å². The van der Waals surface area contributed by atoms with Gasteiger partial charge < -0.3 is 15.2 Å². The summed E-state index contributed by atoms with van der Waals surface area (Å²) in [4.78, 5) is 11.7. The molecule has 0 amide bonds. The molecule has 4 nitrogen and oxygen atoms in total. The maximum atomic E-state index is 11.7. The first-order valence-corrected chi connectivity index (χ1v) is 6.76. The number of benzene rings is 1. The molecule has 0 spiro atoms. The van der Waals surface area contributed by atoms with Crippen molar-refractivity contribution in [2.24, 2.45) is 0 Å². The molecule has 0 aliphatic rings. The summed E-state index contributed by atoms with van der Waals surface area (Å²) in [6.07, 6.45) is 0.858. The van der Waals surface area contributed by atoms with Gasteiger partial charge in [-0.25, -0.2) is 4.79 Å². The Balaban J connectivity index is 2.82. The summed E-state index contributed by atoms with van der Waals surface area (Å²) in [5, 5.41) is 0. The normalized spacial score (nSPS) is 11.9. The summed E-state index contributed by atoms with van der Waals surface area (Å²) < 4.78 is 11.4. The van der Waals surface area contributed by atoms with Crippen molar-refractivity contribution >= 4 is 27.6 Å². The molecule has 0 fully saturated rings. The number of carbonyl (C=O) groups is 1. The lowest BCUT2D eigenvalue weighted by atomic mass is 10.2. The first-order chi connectivity index (χ1) is 8.58. The lowest BCUT2D eigenvalue weighted by Gasteiger charge is -2.18. The summed E-state index contributed by atoms with van der Waals surface area (Å²) in [5.41, 5.74) is 6.29. The quantitative estimate of drug-likeness (QED) is 0.647. The lowest BCUT2D eigenvalue weighted by Crippen LogP contribution is -2.29. The molecule has 0 aliphatic carbocycles. The van der Waals surface area contributed by atoms with Crippen LogP contribution >= 0.6 is 15.9 Å². The Hall–Kier alpha value is -1.23. The predicted molar refractivity (Wildman–Crippen MR) is 74.5 cm³/mol. The van der Waals surface area contributed by atoms with Crippen molar-refractivity contribution in [2.75, 3.05) is 12.3 Å². The van der Waals surface area contributed by atoms with Crippen molar-refractivity contribution in [3.8, 4) is 5.75 Å². The molecule has 0 saturated heterocycles. The third kappa shape index (κ3) is 4.22. The number of nitrogen functional groups attached to an aromatic ring is 1. The van der Waals surface area contributed by atoms with E-state index in [1.165, 1.54) is 0 Å². The van der Waals surface area contributed by atoms with E-state index in [-0.39, 0.29) is 5.97 Å². The Morgan fingerprint density at radius 3 is 2.78 bits per heavy atom. The van der Waals surface area contributed by atoms with Crippen LogP contribution in [-0.4, -0.2) is 18.7 Å². The van der Waals surface area contributed by atoms with Crippen LogP contribution in [0.3, 0.4) is 0 Å². The summed E-state index contributed by atoms with van der Waals surface area (Å²) in [5.74, 6) is 0.218. The van der Waals surface area contributed by atoms with Crippen molar-refractivity contribution < 1.29 is 14.3 Å². The minimum absolute atomic E-state index is 0.339. The first-order valence-electron chi connectivity index (χ1n) is 5.96. The first kappa shape index (κ1) is 14.8. The minimum atomic E-state index is -0.590. The van der Waals surface area contributed by atoms with E-state index in [1.807, 2.05) is 6.92 Å². The van der Waals surface area contributed by atoms with Gasteiger partial charge >= 0.3 is 5.97 Å². The van der Waals surface area contributed by atoms with E-state index < -0.39 is 6.10 Å². The largest absolute Gasteiger partial charge is 0.477 e. The van der Waals surface area contributed by atoms with Gasteiger partial charge in [0, 0.05) is 11.8 Å². The molecular weight excluding hydrogens is 298 g/mol. The van der Waals surface area contributed by atoms with Crippen molar-refractivity contribution in [2.45, 2.75) is 32.8 Å². The zero-order valence-electron chi connectivity index (χ0n) is 10.6. The molecule has 1 atom stereocenters. The molecule has 0 radical (unpaired) electrons. The molecule has 1 aromatic rings. The Bertz CT molecular complexity index is 409. The van der Waals surface area contributed by atoms with Crippen LogP contribution < -0.4 is 10.5 Å². The Kier molecular flexibility index (Phi) is 5.98. The van der Waals surface area contributed by atoms with E-state index in [0.717, 1.165) is 10.9 Å². The number of hydrogen-bond acceptors (Lipinski definition) is 4. The van der Waals surface area contributed by atoms with E-state index in [1.54, 1.807) is 25.1 Å². The fourth-order valence-electron chi connectivity index (χ4n) is 1.49. The number of esters is 1. The van der Waals surface area contributed by atoms with E-state index >= 15 is 0 Å². The molecule has 5 heteroatoms. The number of hydrogen-bond donors (Lipinski definition) is 1. The van der Waals surface area contributed by atoms with Gasteiger partial charge in [0.15, 0.2) is 6.10 Å². The molecule has 0 aliphatic heterocycles. The fourth-order valence-corrected chi connectivity index (χ4v) is 1.83. The molecule has 2 N–H and O–H groups in total. The highest BCUT2D eigenvalue weighted by Crippen LogP contribution is 2.28. The van der Waals surface area contributed by atoms with Crippen molar-refractivity contribution in [1.82, 2.24) is 0 Å². The van der Waals surface area contributed by atoms with Gasteiger partial charge in [0.1, 0.15) is 5.75 Å². The summed E-state index contributed by atoms with van der Waals surface area (Å²) in [6.45, 7) is 4.11. The predicted octanol–water partition coefficient (Wildman–Crippen LogP) is 3.14. The molecule has 0 saturated carbocycles. The number of halogens is 1. The van der Waals surface area contributed by atoms with Gasteiger partial charge in [-0.05, 0) is 41.4 Å². The highest BCUT2D eigenvalue weighted by Gasteiger charge is 2.21. The van der Waals surface area contributed by atoms with Crippen LogP contribution in [0.2, 0.25) is 0 Å². The highest BCUT2D eigenvalue weighted by atomic mass is 79.9. The zero-order chi connectivity index (χ0) is 13.5. The van der Waals surface area contributed by atoms with Crippen LogP contribution in [0, 0.1) is 0 Å². The summed E-state index contributed by atoms with van der Waals surface area (Å²) in [6, 6.07) is 5.24. The maximum absolute atomic E-state index is 11.7. The SMILES string of the molecule is CCCC(Oc1cc(N)ccc1Br)C(=O)OCC. The van der Waals surface area contributed by atoms with Crippen LogP contribution in [0.15, 0.2) is 22.7 Å². The molecule has 0 aromatic heterocycles. The molecule has 1 aromatic carbocycles. The van der Waals surface area contributed by atoms with E-state index in [9.17, 15) is 4.79 Å². The smallest absolute Gasteiger partial charge is 0.347 e. The van der Waals surface area contributed by atoms with E-state index in [0.29, 0.717) is 24.5 Å². The number of nitrogens with two attached hydrogens (primary N) is 1. The van der Waals surface area contributed by atoms with Crippen molar-refractivity contribution in [1.29, 1.82) is 0 Å². The average Bonchev–Trinajstić information content (AvgIpc) is 2.33. The van der Waals surface area contributed by atoms with E-state index in [4.69, 9.17) is 15.2 Å². The number of anilines is 1. The second kappa shape index (κ2) is 7.26. The Labute approximate surface area is 116 Å². The van der Waals surface area contributed by atoms with Crippen LogP contribution in [0.1, 0.15) is 26.7 Å². The van der Waals surface area contributed by atoms with Gasteiger partial charge in [0.05, 0.1) is 11.1 Å². The van der Waals surface area contributed by atoms with Gasteiger partial charge in [-0.15, -0.1) is 0 Å². The van der Waals surface area contributed by atoms with Gasteiger partial charge in [0.2, 0.25) is 0 Å². The molecular formula is C13H18BrNO3. The molecule has 100 valence electrons. The molecule has 0 bridgehead atoms. The summed E-state index contributed by atoms with van der Waals surface area (Å²) >= 11 is 3.37. The molecule has 1 rings (SSSR count). The van der Waals surface area contributed by atoms with Crippen molar-refractivity contribution in [3.63, 3.8) is 0 Å². The third-order valence-corrected chi connectivity index (χ3v) is 2.98. The van der Waals surface area contributed by atoms with Gasteiger partial charge in [-0.2, -0.15) is 0 Å². The molecule has 1 unspecified atom stereocenters. The van der Waals surface area contributed by atoms with Crippen LogP contribution in [0.5, 0.6) is 5.75 Å². The Morgan fingerprint density at radius 2 is 2.17 bits per heavy atom. The Morgan fingerprint density at radius 1 is 1.44 bits per heavy atom. The van der Waals surface area contributed by atoms with Crippen LogP contribution in [0.4, 0.5) is 5.69 Å². The third-order valence-electron chi connectivity index (χ3n) is 2.32. The van der Waals surface area contributed by atoms with Gasteiger partial charge in [0.25, 0.3) is 0 Å². The number of carbonyl (C=O) groups excluding carboxylic acids is 1. The maximum Gasteiger partial charge on any atom is 0.347 e. The standard InChI is InChI=1S/C13H18BrNO3/c1-3-5-11(13(16)17-4-2)18-12-8-9(15)6-7-10(12)14/h6-8,11H,3-5,15H2,1-2H3. The number of rotatable bonds is 6. The van der Waals surface area contributed by atoms with Gasteiger partial charge in [-0.1, -0.05) is 13.3 Å². The lowest BCUT2D eigenvalue weighted by molar-refractivity contribution is -0.151. The monoisotopic (exact) mass is 315 g/mol. The van der Waals surface area contributed by atoms with Crippen molar-refractivity contribution in [3.05, 3.63) is 22.7 Å². The minimum Gasteiger partial charge on any atom is -0.477 e. The molecule has 18 heavy (non-hydrogen) atoms. The second-order valence-corrected chi connectivity index (χ2v) is 4.69. The summed E-state index contributed by atoms with van der Waals surface area (Å²) in [7, 11) is 0. The average molecular weight is 316 g/mol. The topological polar surface area (TPSA) is 61.5 Å². The zero-order valence-corrected chi connectivity index (χ0v) is 12.2. The van der Waals surface area contributed by atoms with Gasteiger partial charge in [-0.3, -0.25) is 0 Å². The highest BCUT2D eigenvalue weighted by molar-refractivity contribution is 9.10. The number of ether oxygens (including phenoxy) is 2. The fraction of sp³-hybridized carbons (Fsp3) is 0.462. The van der Waals surface area contributed by atoms with E-state index in [2.05, 4.69) is 15.9 Å². The second-order valence-electron chi connectivity index (χ2n) is 3.84. The van der Waals surface area contributed by atoms with Crippen LogP contribution in [-0.2, 0) is 9.53 Å².